The molecule has 98 valence electrons. The van der Waals surface area contributed by atoms with Crippen molar-refractivity contribution in [1.29, 1.82) is 0 Å². The summed E-state index contributed by atoms with van der Waals surface area (Å²) in [6.45, 7) is 5.97. The van der Waals surface area contributed by atoms with Crippen molar-refractivity contribution in [3.05, 3.63) is 0 Å². The van der Waals surface area contributed by atoms with Gasteiger partial charge in [0.2, 0.25) is 0 Å². The Morgan fingerprint density at radius 2 is 1.94 bits per heavy atom. The van der Waals surface area contributed by atoms with E-state index in [2.05, 4.69) is 30.9 Å². The molecule has 3 aliphatic rings. The average molecular weight is 253 g/mol. The summed E-state index contributed by atoms with van der Waals surface area (Å²) in [5.41, 5.74) is 0.693. The number of hydrogen-bond donors (Lipinski definition) is 1. The number of thioether (sulfide) groups is 1. The lowest BCUT2D eigenvalue weighted by Gasteiger charge is -2.31. The van der Waals surface area contributed by atoms with E-state index in [-0.39, 0.29) is 0 Å². The minimum Gasteiger partial charge on any atom is -0.313 e. The van der Waals surface area contributed by atoms with Crippen molar-refractivity contribution in [2.75, 3.05) is 12.3 Å². The number of hydrogen-bond acceptors (Lipinski definition) is 2. The lowest BCUT2D eigenvalue weighted by Crippen LogP contribution is -2.35. The molecular formula is C15H27NS. The summed E-state index contributed by atoms with van der Waals surface area (Å²) < 4.78 is 0. The zero-order chi connectivity index (χ0) is 11.9. The second-order valence-electron chi connectivity index (χ2n) is 6.99. The maximum atomic E-state index is 3.81. The van der Waals surface area contributed by atoms with Gasteiger partial charge in [0.05, 0.1) is 0 Å². The Hall–Kier alpha value is 0.310. The molecule has 2 heteroatoms. The zero-order valence-electron chi connectivity index (χ0n) is 11.4. The summed E-state index contributed by atoms with van der Waals surface area (Å²) in [6, 6.07) is 0.890. The Morgan fingerprint density at radius 3 is 2.53 bits per heavy atom. The molecule has 3 rings (SSSR count). The fraction of sp³-hybridized carbons (Fsp3) is 1.00. The quantitative estimate of drug-likeness (QED) is 0.743. The first-order valence-corrected chi connectivity index (χ1v) is 8.57. The molecule has 0 amide bonds. The van der Waals surface area contributed by atoms with Crippen LogP contribution >= 0.6 is 11.8 Å². The zero-order valence-corrected chi connectivity index (χ0v) is 12.2. The minimum atomic E-state index is 0.693. The lowest BCUT2D eigenvalue weighted by atomic mass is 9.80. The van der Waals surface area contributed by atoms with Crippen LogP contribution in [0.2, 0.25) is 0 Å². The van der Waals surface area contributed by atoms with Gasteiger partial charge in [-0.2, -0.15) is 11.8 Å². The molecule has 17 heavy (non-hydrogen) atoms. The van der Waals surface area contributed by atoms with Crippen molar-refractivity contribution in [3.8, 4) is 0 Å². The van der Waals surface area contributed by atoms with Crippen molar-refractivity contribution < 1.29 is 0 Å². The standard InChI is InChI=1S/C15H27NS/c1-11(2)17-6-5-15(10-16-14-3-4-14)8-12-7-13(12)9-15/h11-14,16H,3-10H2,1-2H3. The molecule has 3 fully saturated rings. The molecule has 1 nitrogen and oxygen atoms in total. The number of nitrogens with one attached hydrogen (secondary N) is 1. The minimum absolute atomic E-state index is 0.693. The van der Waals surface area contributed by atoms with Crippen LogP contribution in [0, 0.1) is 17.3 Å². The van der Waals surface area contributed by atoms with Gasteiger partial charge in [0.25, 0.3) is 0 Å². The van der Waals surface area contributed by atoms with E-state index in [9.17, 15) is 0 Å². The molecule has 0 bridgehead atoms. The molecule has 0 radical (unpaired) electrons. The third-order valence-corrected chi connectivity index (χ3v) is 5.99. The molecule has 2 unspecified atom stereocenters. The highest BCUT2D eigenvalue weighted by Crippen LogP contribution is 2.61. The van der Waals surface area contributed by atoms with Crippen LogP contribution in [-0.4, -0.2) is 23.6 Å². The van der Waals surface area contributed by atoms with Crippen molar-refractivity contribution in [3.63, 3.8) is 0 Å². The highest BCUT2D eigenvalue weighted by molar-refractivity contribution is 7.99. The smallest absolute Gasteiger partial charge is 0.00684 e. The van der Waals surface area contributed by atoms with Gasteiger partial charge in [0.15, 0.2) is 0 Å². The first kappa shape index (κ1) is 12.3. The van der Waals surface area contributed by atoms with E-state index in [0.29, 0.717) is 5.41 Å². The Labute approximate surface area is 111 Å². The van der Waals surface area contributed by atoms with E-state index in [1.54, 1.807) is 6.42 Å². The molecule has 0 aromatic rings. The third-order valence-electron chi connectivity index (χ3n) is 4.89. The van der Waals surface area contributed by atoms with Gasteiger partial charge in [0.1, 0.15) is 0 Å². The molecule has 0 saturated heterocycles. The second-order valence-corrected chi connectivity index (χ2v) is 8.67. The molecule has 3 aliphatic carbocycles. The topological polar surface area (TPSA) is 12.0 Å². The highest BCUT2D eigenvalue weighted by atomic mass is 32.2. The van der Waals surface area contributed by atoms with Crippen LogP contribution in [0.1, 0.15) is 52.4 Å². The number of rotatable bonds is 7. The van der Waals surface area contributed by atoms with E-state index in [4.69, 9.17) is 0 Å². The normalized spacial score (nSPS) is 39.7. The summed E-state index contributed by atoms with van der Waals surface area (Å²) in [5, 5.41) is 4.61. The molecule has 0 spiro atoms. The molecule has 0 aromatic heterocycles. The predicted octanol–water partition coefficient (Wildman–Crippen LogP) is 3.69. The van der Waals surface area contributed by atoms with Crippen molar-refractivity contribution >= 4 is 11.8 Å². The van der Waals surface area contributed by atoms with Crippen LogP contribution in [0.4, 0.5) is 0 Å². The molecule has 0 heterocycles. The number of fused-ring (bicyclic) bond motifs is 1. The summed E-state index contributed by atoms with van der Waals surface area (Å²) in [5.74, 6) is 3.63. The molecular weight excluding hydrogens is 226 g/mol. The Balaban J connectivity index is 1.48. The van der Waals surface area contributed by atoms with E-state index < -0.39 is 0 Å². The van der Waals surface area contributed by atoms with E-state index in [1.807, 2.05) is 0 Å². The molecule has 3 saturated carbocycles. The lowest BCUT2D eigenvalue weighted by molar-refractivity contribution is 0.242. The monoisotopic (exact) mass is 253 g/mol. The molecule has 1 N–H and O–H groups in total. The van der Waals surface area contributed by atoms with E-state index in [0.717, 1.165) is 23.1 Å². The first-order chi connectivity index (χ1) is 8.17. The van der Waals surface area contributed by atoms with Crippen molar-refractivity contribution in [2.45, 2.75) is 63.7 Å². The third kappa shape index (κ3) is 3.20. The second kappa shape index (κ2) is 4.77. The first-order valence-electron chi connectivity index (χ1n) is 7.52. The summed E-state index contributed by atoms with van der Waals surface area (Å²) in [4.78, 5) is 0. The van der Waals surface area contributed by atoms with Crippen LogP contribution < -0.4 is 5.32 Å². The summed E-state index contributed by atoms with van der Waals surface area (Å²) >= 11 is 2.15. The van der Waals surface area contributed by atoms with Crippen molar-refractivity contribution in [1.82, 2.24) is 5.32 Å². The van der Waals surface area contributed by atoms with Gasteiger partial charge in [-0.05, 0) is 66.8 Å². The van der Waals surface area contributed by atoms with Gasteiger partial charge < -0.3 is 5.32 Å². The van der Waals surface area contributed by atoms with Gasteiger partial charge in [0, 0.05) is 12.6 Å². The van der Waals surface area contributed by atoms with Gasteiger partial charge in [-0.3, -0.25) is 0 Å². The average Bonchev–Trinajstić information content (AvgIpc) is 3.17. The van der Waals surface area contributed by atoms with E-state index >= 15 is 0 Å². The molecule has 0 aliphatic heterocycles. The highest BCUT2D eigenvalue weighted by Gasteiger charge is 2.53. The van der Waals surface area contributed by atoms with Crippen LogP contribution in [0.25, 0.3) is 0 Å². The maximum absolute atomic E-state index is 3.81. The summed E-state index contributed by atoms with van der Waals surface area (Å²) in [6.07, 6.45) is 8.96. The van der Waals surface area contributed by atoms with Crippen molar-refractivity contribution in [2.24, 2.45) is 17.3 Å². The summed E-state index contributed by atoms with van der Waals surface area (Å²) in [7, 11) is 0. The maximum Gasteiger partial charge on any atom is 0.00684 e. The SMILES string of the molecule is CC(C)SCCC1(CNC2CC2)CC2CC2C1. The fourth-order valence-corrected chi connectivity index (χ4v) is 4.62. The van der Waals surface area contributed by atoms with E-state index in [1.165, 1.54) is 44.4 Å². The van der Waals surface area contributed by atoms with Crippen LogP contribution in [0.3, 0.4) is 0 Å². The van der Waals surface area contributed by atoms with Crippen LogP contribution in [0.5, 0.6) is 0 Å². The molecule has 2 atom stereocenters. The Kier molecular flexibility index (Phi) is 3.47. The molecule has 0 aromatic carbocycles. The van der Waals surface area contributed by atoms with Gasteiger partial charge in [-0.25, -0.2) is 0 Å². The van der Waals surface area contributed by atoms with Crippen LogP contribution in [0.15, 0.2) is 0 Å². The predicted molar refractivity (Wildman–Crippen MR) is 76.5 cm³/mol. The van der Waals surface area contributed by atoms with Gasteiger partial charge in [-0.1, -0.05) is 13.8 Å². The van der Waals surface area contributed by atoms with Crippen LogP contribution in [-0.2, 0) is 0 Å². The van der Waals surface area contributed by atoms with Gasteiger partial charge in [-0.15, -0.1) is 0 Å². The fourth-order valence-electron chi connectivity index (χ4n) is 3.60. The Morgan fingerprint density at radius 1 is 1.24 bits per heavy atom. The van der Waals surface area contributed by atoms with Gasteiger partial charge >= 0.3 is 0 Å². The Bertz CT molecular complexity index is 262. The largest absolute Gasteiger partial charge is 0.313 e.